The highest BCUT2D eigenvalue weighted by atomic mass is 32.2. The Kier molecular flexibility index (Phi) is 5.91. The summed E-state index contributed by atoms with van der Waals surface area (Å²) in [6.07, 6.45) is 1.64. The van der Waals surface area contributed by atoms with Crippen molar-refractivity contribution in [2.45, 2.75) is 18.7 Å². The number of oxime groups is 1. The molecule has 1 aromatic rings. The van der Waals surface area contributed by atoms with Crippen LogP contribution in [-0.2, 0) is 17.3 Å². The van der Waals surface area contributed by atoms with E-state index in [1.165, 1.54) is 6.07 Å². The van der Waals surface area contributed by atoms with E-state index in [0.717, 1.165) is 0 Å². The normalized spacial score (nSPS) is 15.2. The van der Waals surface area contributed by atoms with Crippen molar-refractivity contribution in [2.24, 2.45) is 10.9 Å². The van der Waals surface area contributed by atoms with Gasteiger partial charge in [0, 0.05) is 46.5 Å². The van der Waals surface area contributed by atoms with Crippen LogP contribution in [0.2, 0.25) is 0 Å². The average molecular weight is 287 g/mol. The van der Waals surface area contributed by atoms with Crippen LogP contribution in [0.15, 0.2) is 23.4 Å². The Bertz CT molecular complexity index is 494. The molecule has 2 atom stereocenters. The number of hydrogen-bond donors (Lipinski definition) is 3. The van der Waals surface area contributed by atoms with Gasteiger partial charge in [0.1, 0.15) is 5.82 Å². The van der Waals surface area contributed by atoms with E-state index in [9.17, 15) is 8.60 Å². The molecule has 0 aliphatic heterocycles. The monoisotopic (exact) mass is 287 g/mol. The lowest BCUT2D eigenvalue weighted by Gasteiger charge is -2.11. The van der Waals surface area contributed by atoms with Crippen LogP contribution >= 0.6 is 0 Å². The molecule has 5 nitrogen and oxygen atoms in total. The molecule has 0 bridgehead atoms. The molecule has 1 rings (SSSR count). The maximum Gasteiger partial charge on any atom is 0.170 e. The number of nitrogens with one attached hydrogen (secondary N) is 1. The SMILES string of the molecule is CC(CNCc1ccc(/C(N)=N/O)cc1F)S(C)=O. The molecule has 106 valence electrons. The molecule has 7 heteroatoms. The standard InChI is InChI=1S/C12H18FN3O2S/c1-8(19(2)18)6-15-7-10-4-3-9(5-11(10)13)12(14)16-17/h3-5,8,15,17H,6-7H2,1-2H3,(H2,14,16). The van der Waals surface area contributed by atoms with Crippen molar-refractivity contribution < 1.29 is 13.8 Å². The molecule has 0 aliphatic carbocycles. The topological polar surface area (TPSA) is 87.7 Å². The van der Waals surface area contributed by atoms with E-state index < -0.39 is 16.6 Å². The molecule has 0 heterocycles. The minimum atomic E-state index is -0.901. The van der Waals surface area contributed by atoms with Gasteiger partial charge in [-0.25, -0.2) is 4.39 Å². The molecule has 1 aromatic carbocycles. The Morgan fingerprint density at radius 3 is 2.84 bits per heavy atom. The first kappa shape index (κ1) is 15.6. The summed E-state index contributed by atoms with van der Waals surface area (Å²) >= 11 is 0. The van der Waals surface area contributed by atoms with E-state index in [0.29, 0.717) is 24.2 Å². The molecule has 0 fully saturated rings. The molecule has 0 aromatic heterocycles. The number of halogens is 1. The third-order valence-corrected chi connectivity index (χ3v) is 4.07. The maximum atomic E-state index is 13.7. The summed E-state index contributed by atoms with van der Waals surface area (Å²) in [4.78, 5) is 0. The summed E-state index contributed by atoms with van der Waals surface area (Å²) < 4.78 is 24.9. The van der Waals surface area contributed by atoms with Gasteiger partial charge in [0.05, 0.1) is 0 Å². The highest BCUT2D eigenvalue weighted by Gasteiger charge is 2.08. The number of nitrogens with two attached hydrogens (primary N) is 1. The lowest BCUT2D eigenvalue weighted by molar-refractivity contribution is 0.318. The first-order valence-corrected chi connectivity index (χ1v) is 7.37. The van der Waals surface area contributed by atoms with Crippen molar-refractivity contribution in [1.82, 2.24) is 5.32 Å². The zero-order valence-electron chi connectivity index (χ0n) is 10.9. The quantitative estimate of drug-likeness (QED) is 0.312. The van der Waals surface area contributed by atoms with Gasteiger partial charge in [0.2, 0.25) is 0 Å². The molecule has 0 spiro atoms. The molecule has 0 saturated heterocycles. The van der Waals surface area contributed by atoms with Crippen LogP contribution in [-0.4, -0.2) is 33.3 Å². The van der Waals surface area contributed by atoms with Crippen LogP contribution in [0, 0.1) is 5.82 Å². The molecule has 4 N–H and O–H groups in total. The molecule has 0 aliphatic rings. The second-order valence-corrected chi connectivity index (χ2v) is 6.03. The number of benzene rings is 1. The van der Waals surface area contributed by atoms with Gasteiger partial charge in [-0.3, -0.25) is 4.21 Å². The molecule has 19 heavy (non-hydrogen) atoms. The van der Waals surface area contributed by atoms with E-state index in [4.69, 9.17) is 10.9 Å². The van der Waals surface area contributed by atoms with E-state index in [1.54, 1.807) is 18.4 Å². The van der Waals surface area contributed by atoms with Crippen molar-refractivity contribution in [1.29, 1.82) is 0 Å². The van der Waals surface area contributed by atoms with Crippen molar-refractivity contribution >= 4 is 16.6 Å². The van der Waals surface area contributed by atoms with Gasteiger partial charge in [-0.05, 0) is 13.0 Å². The third kappa shape index (κ3) is 4.60. The van der Waals surface area contributed by atoms with Gasteiger partial charge in [-0.2, -0.15) is 0 Å². The molecular weight excluding hydrogens is 269 g/mol. The average Bonchev–Trinajstić information content (AvgIpc) is 2.39. The molecule has 2 unspecified atom stereocenters. The van der Waals surface area contributed by atoms with Crippen molar-refractivity contribution in [3.05, 3.63) is 35.1 Å². The van der Waals surface area contributed by atoms with Crippen LogP contribution < -0.4 is 11.1 Å². The predicted octanol–water partition coefficient (Wildman–Crippen LogP) is 0.777. The Labute approximate surface area is 114 Å². The lowest BCUT2D eigenvalue weighted by atomic mass is 10.1. The van der Waals surface area contributed by atoms with Gasteiger partial charge in [0.15, 0.2) is 5.84 Å². The van der Waals surface area contributed by atoms with Crippen molar-refractivity contribution in [2.75, 3.05) is 12.8 Å². The van der Waals surface area contributed by atoms with Gasteiger partial charge >= 0.3 is 0 Å². The fraction of sp³-hybridized carbons (Fsp3) is 0.417. The van der Waals surface area contributed by atoms with Crippen molar-refractivity contribution in [3.63, 3.8) is 0 Å². The summed E-state index contributed by atoms with van der Waals surface area (Å²) in [6.45, 7) is 2.75. The molecule has 0 amide bonds. The van der Waals surface area contributed by atoms with Gasteiger partial charge < -0.3 is 16.3 Å². The smallest absolute Gasteiger partial charge is 0.170 e. The third-order valence-electron chi connectivity index (χ3n) is 2.77. The van der Waals surface area contributed by atoms with Gasteiger partial charge in [0.25, 0.3) is 0 Å². The first-order valence-electron chi connectivity index (χ1n) is 5.75. The maximum absolute atomic E-state index is 13.7. The van der Waals surface area contributed by atoms with Crippen LogP contribution in [0.25, 0.3) is 0 Å². The fourth-order valence-corrected chi connectivity index (χ4v) is 1.79. The Balaban J connectivity index is 2.63. The lowest BCUT2D eigenvalue weighted by Crippen LogP contribution is -2.27. The largest absolute Gasteiger partial charge is 0.409 e. The first-order chi connectivity index (χ1) is 8.95. The van der Waals surface area contributed by atoms with Crippen LogP contribution in [0.1, 0.15) is 18.1 Å². The number of nitrogens with zero attached hydrogens (tertiary/aromatic N) is 1. The van der Waals surface area contributed by atoms with E-state index in [2.05, 4.69) is 10.5 Å². The van der Waals surface area contributed by atoms with Crippen LogP contribution in [0.4, 0.5) is 4.39 Å². The van der Waals surface area contributed by atoms with E-state index >= 15 is 0 Å². The van der Waals surface area contributed by atoms with E-state index in [-0.39, 0.29) is 11.1 Å². The minimum absolute atomic E-state index is 0.0134. The summed E-state index contributed by atoms with van der Waals surface area (Å²) in [6, 6.07) is 4.37. The van der Waals surface area contributed by atoms with Crippen LogP contribution in [0.5, 0.6) is 0 Å². The zero-order chi connectivity index (χ0) is 14.4. The number of rotatable bonds is 6. The molecular formula is C12H18FN3O2S. The second kappa shape index (κ2) is 7.20. The molecule has 0 saturated carbocycles. The summed E-state index contributed by atoms with van der Waals surface area (Å²) in [5, 5.41) is 14.4. The zero-order valence-corrected chi connectivity index (χ0v) is 11.7. The summed E-state index contributed by atoms with van der Waals surface area (Å²) in [5.74, 6) is -0.560. The minimum Gasteiger partial charge on any atom is -0.409 e. The fourth-order valence-electron chi connectivity index (χ4n) is 1.44. The number of hydrogen-bond acceptors (Lipinski definition) is 4. The second-order valence-electron chi connectivity index (χ2n) is 4.23. The highest BCUT2D eigenvalue weighted by Crippen LogP contribution is 2.10. The summed E-state index contributed by atoms with van der Waals surface area (Å²) in [5.41, 5.74) is 6.17. The van der Waals surface area contributed by atoms with Crippen LogP contribution in [0.3, 0.4) is 0 Å². The Morgan fingerprint density at radius 1 is 1.63 bits per heavy atom. The number of amidine groups is 1. The van der Waals surface area contributed by atoms with Crippen molar-refractivity contribution in [3.8, 4) is 0 Å². The Hall–Kier alpha value is -1.47. The van der Waals surface area contributed by atoms with Gasteiger partial charge in [-0.1, -0.05) is 17.3 Å². The summed E-state index contributed by atoms with van der Waals surface area (Å²) in [7, 11) is -0.901. The predicted molar refractivity (Wildman–Crippen MR) is 74.1 cm³/mol. The Morgan fingerprint density at radius 2 is 2.32 bits per heavy atom. The highest BCUT2D eigenvalue weighted by molar-refractivity contribution is 7.84. The van der Waals surface area contributed by atoms with E-state index in [1.807, 2.05) is 6.92 Å². The van der Waals surface area contributed by atoms with Gasteiger partial charge in [-0.15, -0.1) is 0 Å². The molecule has 0 radical (unpaired) electrons.